The number of nitrogens with zero attached hydrogens (tertiary/aromatic N) is 1. The molecule has 1 aliphatic heterocycles. The number of rotatable bonds is 3. The molecule has 6 heteroatoms. The van der Waals surface area contributed by atoms with E-state index in [1.54, 1.807) is 7.11 Å². The van der Waals surface area contributed by atoms with E-state index in [-0.39, 0.29) is 29.8 Å². The number of H-pyrrole nitrogens is 1. The Morgan fingerprint density at radius 2 is 1.81 bits per heavy atom. The third-order valence-electron chi connectivity index (χ3n) is 5.89. The lowest BCUT2D eigenvalue weighted by Gasteiger charge is -2.27. The lowest BCUT2D eigenvalue weighted by atomic mass is 9.87. The van der Waals surface area contributed by atoms with Gasteiger partial charge in [-0.3, -0.25) is 19.4 Å². The number of aromatic nitrogens is 2. The number of fused-ring (bicyclic) bond motifs is 1. The van der Waals surface area contributed by atoms with Crippen LogP contribution in [0.25, 0.3) is 0 Å². The van der Waals surface area contributed by atoms with Gasteiger partial charge in [-0.2, -0.15) is 0 Å². The lowest BCUT2D eigenvalue weighted by molar-refractivity contribution is -0.116. The first kappa shape index (κ1) is 17.9. The zero-order chi connectivity index (χ0) is 18.8. The van der Waals surface area contributed by atoms with E-state index in [1.807, 2.05) is 28.9 Å². The highest BCUT2D eigenvalue weighted by molar-refractivity contribution is 5.94. The third kappa shape index (κ3) is 3.53. The summed E-state index contributed by atoms with van der Waals surface area (Å²) in [5, 5.41) is 6.01. The monoisotopic (exact) mass is 369 g/mol. The molecule has 144 valence electrons. The van der Waals surface area contributed by atoms with Crippen molar-refractivity contribution >= 4 is 11.7 Å². The Balaban J connectivity index is 1.75. The second-order valence-electron chi connectivity index (χ2n) is 7.65. The molecule has 0 radical (unpaired) electrons. The molecule has 2 N–H and O–H groups in total. The van der Waals surface area contributed by atoms with Gasteiger partial charge in [0.05, 0.1) is 18.7 Å². The molecule has 1 saturated carbocycles. The number of hydrogen-bond acceptors (Lipinski definition) is 3. The standard InChI is InChI=1S/C21H27N3O3/c1-27-16-11-7-8-14(12-16)17-13-18(25)22-20-19(17)21(26)23-24(20)15-9-5-3-2-4-6-10-15/h7-8,11-12,15,17H,2-6,9-10,13H2,1H3,(H,22,25)(H,23,26)/t17-/m1/s1. The van der Waals surface area contributed by atoms with E-state index in [9.17, 15) is 9.59 Å². The summed E-state index contributed by atoms with van der Waals surface area (Å²) in [6.45, 7) is 0. The number of amides is 1. The minimum Gasteiger partial charge on any atom is -0.497 e. The molecule has 0 unspecified atom stereocenters. The molecule has 6 nitrogen and oxygen atoms in total. The maximum atomic E-state index is 12.9. The van der Waals surface area contributed by atoms with Crippen LogP contribution >= 0.6 is 0 Å². The number of hydrogen-bond donors (Lipinski definition) is 2. The summed E-state index contributed by atoms with van der Waals surface area (Å²) in [5.74, 6) is 1.10. The number of methoxy groups -OCH3 is 1. The van der Waals surface area contributed by atoms with Crippen LogP contribution in [0.4, 0.5) is 5.82 Å². The highest BCUT2D eigenvalue weighted by Crippen LogP contribution is 2.38. The molecule has 1 fully saturated rings. The topological polar surface area (TPSA) is 76.1 Å². The number of ether oxygens (including phenoxy) is 1. The Kier molecular flexibility index (Phi) is 5.05. The van der Waals surface area contributed by atoms with Crippen LogP contribution in [0.3, 0.4) is 0 Å². The van der Waals surface area contributed by atoms with Crippen LogP contribution in [-0.4, -0.2) is 22.8 Å². The fourth-order valence-corrected chi connectivity index (χ4v) is 4.49. The van der Waals surface area contributed by atoms with E-state index in [0.29, 0.717) is 11.4 Å². The highest BCUT2D eigenvalue weighted by atomic mass is 16.5. The molecule has 1 aromatic heterocycles. The molecule has 2 aromatic rings. The van der Waals surface area contributed by atoms with E-state index < -0.39 is 0 Å². The van der Waals surface area contributed by atoms with Crippen LogP contribution in [-0.2, 0) is 4.79 Å². The van der Waals surface area contributed by atoms with Gasteiger partial charge in [0.1, 0.15) is 11.6 Å². The summed E-state index contributed by atoms with van der Waals surface area (Å²) in [4.78, 5) is 25.3. The minimum atomic E-state index is -0.248. The van der Waals surface area contributed by atoms with Crippen molar-refractivity contribution in [2.45, 2.75) is 63.3 Å². The first-order valence-electron chi connectivity index (χ1n) is 9.95. The van der Waals surface area contributed by atoms with Crippen LogP contribution in [0, 0.1) is 0 Å². The van der Waals surface area contributed by atoms with E-state index in [4.69, 9.17) is 4.74 Å². The number of aromatic amines is 1. The molecule has 27 heavy (non-hydrogen) atoms. The summed E-state index contributed by atoms with van der Waals surface area (Å²) < 4.78 is 7.26. The first-order chi connectivity index (χ1) is 13.2. The molecule has 1 aromatic carbocycles. The van der Waals surface area contributed by atoms with Crippen LogP contribution in [0.1, 0.15) is 74.5 Å². The van der Waals surface area contributed by atoms with Gasteiger partial charge < -0.3 is 10.1 Å². The molecule has 2 heterocycles. The quantitative estimate of drug-likeness (QED) is 0.860. The van der Waals surface area contributed by atoms with Crippen molar-refractivity contribution in [2.75, 3.05) is 12.4 Å². The van der Waals surface area contributed by atoms with Gasteiger partial charge in [-0.1, -0.05) is 44.2 Å². The number of anilines is 1. The van der Waals surface area contributed by atoms with Gasteiger partial charge in [-0.15, -0.1) is 0 Å². The van der Waals surface area contributed by atoms with E-state index in [1.165, 1.54) is 19.3 Å². The second-order valence-corrected chi connectivity index (χ2v) is 7.65. The first-order valence-corrected chi connectivity index (χ1v) is 9.95. The van der Waals surface area contributed by atoms with Crippen molar-refractivity contribution in [3.05, 3.63) is 45.7 Å². The second kappa shape index (κ2) is 7.62. The maximum Gasteiger partial charge on any atom is 0.270 e. The van der Waals surface area contributed by atoms with Crippen LogP contribution in [0.5, 0.6) is 5.75 Å². The highest BCUT2D eigenvalue weighted by Gasteiger charge is 2.34. The van der Waals surface area contributed by atoms with Gasteiger partial charge in [0, 0.05) is 12.3 Å². The predicted octanol–water partition coefficient (Wildman–Crippen LogP) is 3.94. The van der Waals surface area contributed by atoms with Gasteiger partial charge in [-0.25, -0.2) is 0 Å². The summed E-state index contributed by atoms with van der Waals surface area (Å²) in [6, 6.07) is 7.89. The number of benzene rings is 1. The molecule has 1 amide bonds. The van der Waals surface area contributed by atoms with Crippen molar-refractivity contribution in [3.8, 4) is 5.75 Å². The van der Waals surface area contributed by atoms with Crippen LogP contribution in [0.2, 0.25) is 0 Å². The number of carbonyl (C=O) groups excluding carboxylic acids is 1. The molecule has 0 bridgehead atoms. The zero-order valence-electron chi connectivity index (χ0n) is 15.8. The van der Waals surface area contributed by atoms with Gasteiger partial charge in [0.25, 0.3) is 5.56 Å². The molecule has 1 atom stereocenters. The maximum absolute atomic E-state index is 12.9. The van der Waals surface area contributed by atoms with E-state index in [0.717, 1.165) is 37.0 Å². The summed E-state index contributed by atoms with van der Waals surface area (Å²) >= 11 is 0. The fraction of sp³-hybridized carbons (Fsp3) is 0.524. The van der Waals surface area contributed by atoms with Crippen molar-refractivity contribution < 1.29 is 9.53 Å². The summed E-state index contributed by atoms with van der Waals surface area (Å²) in [5.41, 5.74) is 1.51. The molecule has 1 aliphatic carbocycles. The van der Waals surface area contributed by atoms with Gasteiger partial charge in [-0.05, 0) is 30.5 Å². The van der Waals surface area contributed by atoms with Crippen LogP contribution < -0.4 is 15.6 Å². The molecule has 2 aliphatic rings. The Hall–Kier alpha value is -2.50. The third-order valence-corrected chi connectivity index (χ3v) is 5.89. The molecular formula is C21H27N3O3. The average Bonchev–Trinajstić information content (AvgIpc) is 2.97. The Morgan fingerprint density at radius 3 is 2.56 bits per heavy atom. The normalized spacial score (nSPS) is 21.1. The smallest absolute Gasteiger partial charge is 0.270 e. The average molecular weight is 369 g/mol. The predicted molar refractivity (Wildman–Crippen MR) is 104 cm³/mol. The SMILES string of the molecule is COc1cccc([C@H]2CC(=O)Nc3c2c(=O)[nH]n3C2CCCCCCC2)c1. The van der Waals surface area contributed by atoms with Crippen molar-refractivity contribution in [1.82, 2.24) is 9.78 Å². The molecule has 0 spiro atoms. The Morgan fingerprint density at radius 1 is 1.07 bits per heavy atom. The summed E-state index contributed by atoms with van der Waals surface area (Å²) in [7, 11) is 1.62. The van der Waals surface area contributed by atoms with Gasteiger partial charge in [0.2, 0.25) is 5.91 Å². The van der Waals surface area contributed by atoms with Gasteiger partial charge in [0.15, 0.2) is 0 Å². The lowest BCUT2D eigenvalue weighted by Crippen LogP contribution is -2.27. The minimum absolute atomic E-state index is 0.0473. The van der Waals surface area contributed by atoms with E-state index >= 15 is 0 Å². The Labute approximate surface area is 158 Å². The fourth-order valence-electron chi connectivity index (χ4n) is 4.49. The molecular weight excluding hydrogens is 342 g/mol. The van der Waals surface area contributed by atoms with Gasteiger partial charge >= 0.3 is 0 Å². The Bertz CT molecular complexity index is 875. The molecule has 0 saturated heterocycles. The molecule has 4 rings (SSSR count). The summed E-state index contributed by atoms with van der Waals surface area (Å²) in [6.07, 6.45) is 8.44. The number of nitrogens with one attached hydrogen (secondary N) is 2. The van der Waals surface area contributed by atoms with Crippen molar-refractivity contribution in [3.63, 3.8) is 0 Å². The number of carbonyl (C=O) groups is 1. The largest absolute Gasteiger partial charge is 0.497 e. The van der Waals surface area contributed by atoms with E-state index in [2.05, 4.69) is 10.4 Å². The van der Waals surface area contributed by atoms with Crippen molar-refractivity contribution in [2.24, 2.45) is 0 Å². The van der Waals surface area contributed by atoms with Crippen molar-refractivity contribution in [1.29, 1.82) is 0 Å². The van der Waals surface area contributed by atoms with Crippen LogP contribution in [0.15, 0.2) is 29.1 Å². The zero-order valence-corrected chi connectivity index (χ0v) is 15.8.